The van der Waals surface area contributed by atoms with Gasteiger partial charge < -0.3 is 4.74 Å². The van der Waals surface area contributed by atoms with Crippen LogP contribution in [0.2, 0.25) is 0 Å². The van der Waals surface area contributed by atoms with Crippen molar-refractivity contribution in [2.75, 3.05) is 0 Å². The van der Waals surface area contributed by atoms with E-state index in [1.165, 1.54) is 49.6 Å². The highest BCUT2D eigenvalue weighted by Crippen LogP contribution is 2.32. The Morgan fingerprint density at radius 2 is 1.75 bits per heavy atom. The summed E-state index contributed by atoms with van der Waals surface area (Å²) in [6, 6.07) is 18.1. The number of carbonyl (C=O) groups excluding carboxylic acids is 1. The maximum atomic E-state index is 11.6. The Hall–Kier alpha value is -2.24. The minimum absolute atomic E-state index is 0.387. The Bertz CT molecular complexity index is 786. The summed E-state index contributed by atoms with van der Waals surface area (Å²) < 4.78 is 5.45. The third-order valence-corrected chi connectivity index (χ3v) is 5.75. The molecule has 0 aliphatic heterocycles. The van der Waals surface area contributed by atoms with Crippen molar-refractivity contribution in [1.29, 1.82) is 0 Å². The molecule has 1 aliphatic rings. The number of benzene rings is 2. The third-order valence-electron chi connectivity index (χ3n) is 5.30. The first kappa shape index (κ1) is 20.5. The Morgan fingerprint density at radius 1 is 1.11 bits per heavy atom. The van der Waals surface area contributed by atoms with E-state index in [1.807, 2.05) is 30.3 Å². The van der Waals surface area contributed by atoms with E-state index >= 15 is 0 Å². The van der Waals surface area contributed by atoms with Crippen molar-refractivity contribution >= 4 is 23.2 Å². The molecule has 1 aliphatic carbocycles. The Morgan fingerprint density at radius 3 is 2.36 bits per heavy atom. The van der Waals surface area contributed by atoms with Gasteiger partial charge in [0.15, 0.2) is 6.10 Å². The van der Waals surface area contributed by atoms with E-state index in [0.717, 1.165) is 11.1 Å². The minimum Gasteiger partial charge on any atom is -0.450 e. The Kier molecular flexibility index (Phi) is 7.18. The predicted octanol–water partition coefficient (Wildman–Crippen LogP) is 5.04. The number of thiocarbonyl (C=S) groups is 1. The number of esters is 1. The summed E-state index contributed by atoms with van der Waals surface area (Å²) in [5.74, 6) is 6.54. The van der Waals surface area contributed by atoms with Crippen LogP contribution in [0.1, 0.15) is 67.7 Å². The molecular weight excluding hydrogens is 368 g/mol. The van der Waals surface area contributed by atoms with Crippen LogP contribution >= 0.6 is 12.2 Å². The van der Waals surface area contributed by atoms with Gasteiger partial charge in [-0.1, -0.05) is 86.1 Å². The first-order chi connectivity index (χ1) is 13.5. The minimum atomic E-state index is -0.666. The summed E-state index contributed by atoms with van der Waals surface area (Å²) in [4.78, 5) is 11.9. The van der Waals surface area contributed by atoms with Gasteiger partial charge in [0.1, 0.15) is 4.99 Å². The summed E-state index contributed by atoms with van der Waals surface area (Å²) >= 11 is 5.55. The van der Waals surface area contributed by atoms with Gasteiger partial charge in [-0.3, -0.25) is 9.80 Å². The zero-order chi connectivity index (χ0) is 19.9. The van der Waals surface area contributed by atoms with Gasteiger partial charge in [-0.05, 0) is 35.4 Å². The maximum Gasteiger partial charge on any atom is 0.303 e. The average molecular weight is 397 g/mol. The summed E-state index contributed by atoms with van der Waals surface area (Å²) in [6.07, 6.45) is 5.92. The fourth-order valence-corrected chi connectivity index (χ4v) is 4.06. The van der Waals surface area contributed by atoms with Crippen molar-refractivity contribution < 1.29 is 9.53 Å². The number of hydrazine groups is 1. The molecule has 148 valence electrons. The normalized spacial score (nSPS) is 15.6. The molecule has 1 fully saturated rings. The lowest BCUT2D eigenvalue weighted by atomic mass is 9.84. The standard InChI is InChI=1S/C23H28N2O2S/c1-17(26)27-22(21-10-6-3-7-11-21)23(28)25(24)16-18-12-14-20(15-13-18)19-8-4-2-5-9-19/h3,6-7,10-15,19,22H,2,4-5,8-9,16,24H2,1H3. The number of nitrogens with zero attached hydrogens (tertiary/aromatic N) is 1. The van der Waals surface area contributed by atoms with Gasteiger partial charge in [0, 0.05) is 6.92 Å². The smallest absolute Gasteiger partial charge is 0.303 e. The molecule has 1 saturated carbocycles. The van der Waals surface area contributed by atoms with Gasteiger partial charge in [0.25, 0.3) is 0 Å². The van der Waals surface area contributed by atoms with E-state index < -0.39 is 6.10 Å². The summed E-state index contributed by atoms with van der Waals surface area (Å²) in [7, 11) is 0. The lowest BCUT2D eigenvalue weighted by molar-refractivity contribution is -0.143. The summed E-state index contributed by atoms with van der Waals surface area (Å²) in [6.45, 7) is 1.85. The highest BCUT2D eigenvalue weighted by atomic mass is 32.1. The van der Waals surface area contributed by atoms with Crippen LogP contribution in [0.25, 0.3) is 0 Å². The first-order valence-corrected chi connectivity index (χ1v) is 10.3. The lowest BCUT2D eigenvalue weighted by Crippen LogP contribution is -2.40. The molecule has 0 spiro atoms. The number of hydrogen-bond donors (Lipinski definition) is 1. The molecule has 2 aromatic rings. The lowest BCUT2D eigenvalue weighted by Gasteiger charge is -2.26. The van der Waals surface area contributed by atoms with E-state index in [4.69, 9.17) is 22.8 Å². The van der Waals surface area contributed by atoms with Crippen molar-refractivity contribution in [1.82, 2.24) is 5.01 Å². The summed E-state index contributed by atoms with van der Waals surface area (Å²) in [5, 5.41) is 1.49. The van der Waals surface area contributed by atoms with Crippen LogP contribution in [-0.4, -0.2) is 16.0 Å². The van der Waals surface area contributed by atoms with Crippen LogP contribution in [0, 0.1) is 0 Å². The molecule has 0 amide bonds. The zero-order valence-electron chi connectivity index (χ0n) is 16.3. The number of rotatable bonds is 6. The molecule has 1 atom stereocenters. The molecule has 0 radical (unpaired) electrons. The van der Waals surface area contributed by atoms with E-state index in [1.54, 1.807) is 0 Å². The average Bonchev–Trinajstić information content (AvgIpc) is 2.73. The molecule has 28 heavy (non-hydrogen) atoms. The Balaban J connectivity index is 1.67. The van der Waals surface area contributed by atoms with Crippen molar-refractivity contribution in [3.05, 3.63) is 71.3 Å². The van der Waals surface area contributed by atoms with Crippen LogP contribution in [0.5, 0.6) is 0 Å². The van der Waals surface area contributed by atoms with Crippen molar-refractivity contribution in [2.45, 2.75) is 57.6 Å². The van der Waals surface area contributed by atoms with Crippen LogP contribution in [0.4, 0.5) is 0 Å². The molecule has 0 bridgehead atoms. The summed E-state index contributed by atoms with van der Waals surface area (Å²) in [5.41, 5.74) is 3.31. The van der Waals surface area contributed by atoms with E-state index in [9.17, 15) is 4.79 Å². The monoisotopic (exact) mass is 396 g/mol. The van der Waals surface area contributed by atoms with Crippen LogP contribution in [0.15, 0.2) is 54.6 Å². The largest absolute Gasteiger partial charge is 0.450 e. The van der Waals surface area contributed by atoms with Crippen LogP contribution < -0.4 is 5.84 Å². The topological polar surface area (TPSA) is 55.6 Å². The molecule has 5 heteroatoms. The van der Waals surface area contributed by atoms with Gasteiger partial charge in [0.2, 0.25) is 0 Å². The van der Waals surface area contributed by atoms with E-state index in [-0.39, 0.29) is 5.97 Å². The van der Waals surface area contributed by atoms with Crippen LogP contribution in [0.3, 0.4) is 0 Å². The quantitative estimate of drug-likeness (QED) is 0.321. The highest BCUT2D eigenvalue weighted by Gasteiger charge is 2.24. The fourth-order valence-electron chi connectivity index (χ4n) is 3.81. The second-order valence-electron chi connectivity index (χ2n) is 7.44. The SMILES string of the molecule is CC(=O)OC(C(=S)N(N)Cc1ccc(C2CCCCC2)cc1)c1ccccc1. The predicted molar refractivity (Wildman–Crippen MR) is 116 cm³/mol. The highest BCUT2D eigenvalue weighted by molar-refractivity contribution is 7.80. The van der Waals surface area contributed by atoms with Gasteiger partial charge in [0.05, 0.1) is 6.54 Å². The molecule has 1 unspecified atom stereocenters. The third kappa shape index (κ3) is 5.40. The number of ether oxygens (including phenoxy) is 1. The molecule has 0 saturated heterocycles. The van der Waals surface area contributed by atoms with E-state index in [0.29, 0.717) is 17.5 Å². The second-order valence-corrected chi connectivity index (χ2v) is 7.86. The van der Waals surface area contributed by atoms with Gasteiger partial charge in [-0.25, -0.2) is 5.84 Å². The molecule has 4 nitrogen and oxygen atoms in total. The van der Waals surface area contributed by atoms with Gasteiger partial charge in [-0.15, -0.1) is 0 Å². The van der Waals surface area contributed by atoms with Crippen molar-refractivity contribution in [3.63, 3.8) is 0 Å². The molecule has 2 aromatic carbocycles. The second kappa shape index (κ2) is 9.80. The molecule has 3 rings (SSSR count). The molecular formula is C23H28N2O2S. The first-order valence-electron chi connectivity index (χ1n) is 9.91. The Labute approximate surface area is 172 Å². The van der Waals surface area contributed by atoms with Crippen molar-refractivity contribution in [2.24, 2.45) is 5.84 Å². The molecule has 0 heterocycles. The zero-order valence-corrected chi connectivity index (χ0v) is 17.2. The van der Waals surface area contributed by atoms with Crippen LogP contribution in [-0.2, 0) is 16.1 Å². The number of hydrogen-bond acceptors (Lipinski definition) is 4. The number of nitrogens with two attached hydrogens (primary N) is 1. The van der Waals surface area contributed by atoms with Gasteiger partial charge >= 0.3 is 5.97 Å². The maximum absolute atomic E-state index is 11.6. The van der Waals surface area contributed by atoms with E-state index in [2.05, 4.69) is 24.3 Å². The number of carbonyl (C=O) groups is 1. The van der Waals surface area contributed by atoms with Crippen molar-refractivity contribution in [3.8, 4) is 0 Å². The molecule has 2 N–H and O–H groups in total. The molecule has 0 aromatic heterocycles. The fraction of sp³-hybridized carbons (Fsp3) is 0.391. The van der Waals surface area contributed by atoms with Gasteiger partial charge in [-0.2, -0.15) is 0 Å².